The van der Waals surface area contributed by atoms with Gasteiger partial charge in [-0.2, -0.15) is 0 Å². The summed E-state index contributed by atoms with van der Waals surface area (Å²) in [5, 5.41) is 0. The zero-order valence-electron chi connectivity index (χ0n) is 31.9. The number of esters is 3. The number of ether oxygens (including phenoxy) is 4. The van der Waals surface area contributed by atoms with Gasteiger partial charge in [-0.1, -0.05) is 53.2 Å². The van der Waals surface area contributed by atoms with Gasteiger partial charge in [0, 0.05) is 33.1 Å². The quantitative estimate of drug-likeness (QED) is 0.157. The van der Waals surface area contributed by atoms with E-state index in [-0.39, 0.29) is 38.9 Å². The Morgan fingerprint density at radius 1 is 0.840 bits per heavy atom. The van der Waals surface area contributed by atoms with Crippen LogP contribution in [0.25, 0.3) is 0 Å². The summed E-state index contributed by atoms with van der Waals surface area (Å²) in [6.45, 7) is 17.3. The minimum atomic E-state index is -1.25. The second kappa shape index (κ2) is 13.0. The average molecular weight is 701 g/mol. The van der Waals surface area contributed by atoms with Crippen LogP contribution >= 0.6 is 0 Å². The van der Waals surface area contributed by atoms with Crippen molar-refractivity contribution in [2.75, 3.05) is 6.67 Å². The fourth-order valence-corrected chi connectivity index (χ4v) is 12.8. The van der Waals surface area contributed by atoms with E-state index in [1.165, 1.54) is 20.8 Å². The van der Waals surface area contributed by atoms with Crippen LogP contribution in [0, 0.1) is 50.7 Å². The van der Waals surface area contributed by atoms with Crippen molar-refractivity contribution in [3.8, 4) is 0 Å². The summed E-state index contributed by atoms with van der Waals surface area (Å²) in [5.74, 6) is -0.128. The molecule has 4 saturated carbocycles. The summed E-state index contributed by atoms with van der Waals surface area (Å²) in [6.07, 6.45) is 7.53. The van der Waals surface area contributed by atoms with Gasteiger partial charge in [0.25, 0.3) is 0 Å². The molecule has 0 aromatic heterocycles. The Balaban J connectivity index is 1.39. The molecular formula is C41H61FO8. The molecule has 9 heteroatoms. The molecule has 5 aliphatic carbocycles. The van der Waals surface area contributed by atoms with Crippen molar-refractivity contribution in [1.29, 1.82) is 0 Å². The van der Waals surface area contributed by atoms with Crippen molar-refractivity contribution < 1.29 is 42.5 Å². The lowest BCUT2D eigenvalue weighted by Crippen LogP contribution is -2.65. The normalized spacial score (nSPS) is 46.6. The molecule has 6 aliphatic rings. The Kier molecular flexibility index (Phi) is 9.73. The predicted octanol–water partition coefficient (Wildman–Crippen LogP) is 7.89. The molecule has 1 saturated heterocycles. The van der Waals surface area contributed by atoms with Gasteiger partial charge in [-0.25, -0.2) is 4.39 Å². The third kappa shape index (κ3) is 5.97. The van der Waals surface area contributed by atoms with Gasteiger partial charge in [0.1, 0.15) is 18.6 Å². The molecule has 12 unspecified atom stereocenters. The van der Waals surface area contributed by atoms with Crippen LogP contribution < -0.4 is 0 Å². The monoisotopic (exact) mass is 700 g/mol. The van der Waals surface area contributed by atoms with E-state index >= 15 is 0 Å². The standard InChI is InChI=1S/C41H61FO8/c1-23-27-12-15-40(9)33(38(27,7)14-13-30(23)46)11-10-28-29-20-37(5,6)16-18-41(29,19-17-39(28,40)8)21-31-34(47-24(2)43)36(49-26(4)45)35(48-25(3)44)32(22-42)50-31/h10,23,27,29,31-36H,11-22H2,1-9H3/t23?,27?,29?,31?,32?,33?,34?,35?,36?,38?,39-,40?,41?/m1/s1. The molecule has 6 rings (SSSR count). The molecule has 5 fully saturated rings. The SMILES string of the molecule is CC(=O)OC1C(CF)OC(CC23CCC(C)(C)CC2C2=CCC4C5(C)CCC(=O)C(C)C5CCC4(C)[C@]2(C)CC3)C(OC(C)=O)C1OC(C)=O. The first-order valence-electron chi connectivity index (χ1n) is 19.3. The average Bonchev–Trinajstić information content (AvgIpc) is 3.02. The van der Waals surface area contributed by atoms with Gasteiger partial charge in [-0.3, -0.25) is 19.2 Å². The van der Waals surface area contributed by atoms with E-state index < -0.39 is 55.1 Å². The number of halogens is 1. The molecule has 280 valence electrons. The van der Waals surface area contributed by atoms with Crippen LogP contribution in [0.1, 0.15) is 133 Å². The van der Waals surface area contributed by atoms with Crippen LogP contribution in [0.3, 0.4) is 0 Å². The first kappa shape index (κ1) is 37.5. The molecular weight excluding hydrogens is 639 g/mol. The number of ketones is 1. The van der Waals surface area contributed by atoms with E-state index in [0.717, 1.165) is 57.8 Å². The fraction of sp³-hybridized carbons (Fsp3) is 0.854. The number of hydrogen-bond acceptors (Lipinski definition) is 8. The van der Waals surface area contributed by atoms with Crippen molar-refractivity contribution >= 4 is 23.7 Å². The number of hydrogen-bond donors (Lipinski definition) is 0. The highest BCUT2D eigenvalue weighted by Gasteiger charge is 2.68. The van der Waals surface area contributed by atoms with Crippen molar-refractivity contribution in [3.63, 3.8) is 0 Å². The predicted molar refractivity (Wildman–Crippen MR) is 185 cm³/mol. The first-order chi connectivity index (χ1) is 23.3. The lowest BCUT2D eigenvalue weighted by atomic mass is 9.34. The van der Waals surface area contributed by atoms with Crippen molar-refractivity contribution in [3.05, 3.63) is 11.6 Å². The van der Waals surface area contributed by atoms with Crippen LogP contribution in [-0.2, 0) is 38.1 Å². The van der Waals surface area contributed by atoms with Crippen LogP contribution in [0.5, 0.6) is 0 Å². The van der Waals surface area contributed by atoms with E-state index in [1.807, 2.05) is 0 Å². The van der Waals surface area contributed by atoms with E-state index in [0.29, 0.717) is 30.5 Å². The van der Waals surface area contributed by atoms with Crippen LogP contribution in [-0.4, -0.2) is 60.9 Å². The molecule has 0 amide bonds. The summed E-state index contributed by atoms with van der Waals surface area (Å²) < 4.78 is 38.3. The third-order valence-corrected chi connectivity index (χ3v) is 15.6. The highest BCUT2D eigenvalue weighted by molar-refractivity contribution is 5.82. The van der Waals surface area contributed by atoms with Gasteiger partial charge in [0.2, 0.25) is 0 Å². The highest BCUT2D eigenvalue weighted by Crippen LogP contribution is 2.75. The second-order valence-corrected chi connectivity index (χ2v) is 18.7. The first-order valence-corrected chi connectivity index (χ1v) is 19.3. The fourth-order valence-electron chi connectivity index (χ4n) is 12.8. The maximum Gasteiger partial charge on any atom is 0.303 e. The molecule has 0 aromatic carbocycles. The smallest absolute Gasteiger partial charge is 0.303 e. The number of carbonyl (C=O) groups excluding carboxylic acids is 4. The summed E-state index contributed by atoms with van der Waals surface area (Å²) >= 11 is 0. The number of carbonyl (C=O) groups is 4. The Hall–Kier alpha value is -2.29. The zero-order valence-corrected chi connectivity index (χ0v) is 31.9. The minimum absolute atomic E-state index is 0.0128. The second-order valence-electron chi connectivity index (χ2n) is 18.7. The Labute approximate surface area is 298 Å². The van der Waals surface area contributed by atoms with Crippen LogP contribution in [0.2, 0.25) is 0 Å². The highest BCUT2D eigenvalue weighted by atomic mass is 19.1. The topological polar surface area (TPSA) is 105 Å². The van der Waals surface area contributed by atoms with E-state index in [1.54, 1.807) is 5.57 Å². The molecule has 8 nitrogen and oxygen atoms in total. The van der Waals surface area contributed by atoms with Crippen LogP contribution in [0.15, 0.2) is 11.6 Å². The van der Waals surface area contributed by atoms with Gasteiger partial charge in [-0.15, -0.1) is 0 Å². The number of rotatable bonds is 6. The maximum absolute atomic E-state index is 14.7. The summed E-state index contributed by atoms with van der Waals surface area (Å²) in [4.78, 5) is 50.0. The Morgan fingerprint density at radius 3 is 2.06 bits per heavy atom. The molecule has 13 atom stereocenters. The zero-order chi connectivity index (χ0) is 36.6. The van der Waals surface area contributed by atoms with Gasteiger partial charge in [0.15, 0.2) is 18.3 Å². The van der Waals surface area contributed by atoms with Crippen molar-refractivity contribution in [2.24, 2.45) is 50.7 Å². The lowest BCUT2D eigenvalue weighted by Gasteiger charge is -2.70. The Bertz CT molecular complexity index is 1420. The van der Waals surface area contributed by atoms with Gasteiger partial charge < -0.3 is 18.9 Å². The maximum atomic E-state index is 14.7. The number of allylic oxidation sites excluding steroid dienone is 2. The number of alkyl halides is 1. The molecule has 50 heavy (non-hydrogen) atoms. The van der Waals surface area contributed by atoms with Crippen molar-refractivity contribution in [2.45, 2.75) is 163 Å². The summed E-state index contributed by atoms with van der Waals surface area (Å²) in [7, 11) is 0. The lowest BCUT2D eigenvalue weighted by molar-refractivity contribution is -0.256. The van der Waals surface area contributed by atoms with E-state index in [9.17, 15) is 23.6 Å². The molecule has 0 N–H and O–H groups in total. The van der Waals surface area contributed by atoms with Gasteiger partial charge in [-0.05, 0) is 109 Å². The third-order valence-electron chi connectivity index (χ3n) is 15.6. The molecule has 1 heterocycles. The Morgan fingerprint density at radius 2 is 1.44 bits per heavy atom. The molecule has 0 bridgehead atoms. The van der Waals surface area contributed by atoms with Gasteiger partial charge in [0.05, 0.1) is 6.10 Å². The van der Waals surface area contributed by atoms with Crippen LogP contribution in [0.4, 0.5) is 4.39 Å². The summed E-state index contributed by atoms with van der Waals surface area (Å²) in [5.41, 5.74) is 1.68. The van der Waals surface area contributed by atoms with Crippen molar-refractivity contribution in [1.82, 2.24) is 0 Å². The molecule has 0 radical (unpaired) electrons. The van der Waals surface area contributed by atoms with E-state index in [4.69, 9.17) is 18.9 Å². The number of fused-ring (bicyclic) bond motifs is 7. The summed E-state index contributed by atoms with van der Waals surface area (Å²) in [6, 6.07) is 0. The van der Waals surface area contributed by atoms with Gasteiger partial charge >= 0.3 is 17.9 Å². The number of Topliss-reactive ketones (excluding diaryl/α,β-unsaturated/α-hetero) is 1. The minimum Gasteiger partial charge on any atom is -0.456 e. The molecule has 0 aromatic rings. The van der Waals surface area contributed by atoms with E-state index in [2.05, 4.69) is 47.6 Å². The largest absolute Gasteiger partial charge is 0.456 e. The molecule has 0 spiro atoms. The molecule has 1 aliphatic heterocycles.